The van der Waals surface area contributed by atoms with E-state index in [9.17, 15) is 13.2 Å². The van der Waals surface area contributed by atoms with Gasteiger partial charge in [0.2, 0.25) is 5.95 Å². The summed E-state index contributed by atoms with van der Waals surface area (Å²) in [6, 6.07) is 6.42. The fourth-order valence-electron chi connectivity index (χ4n) is 2.35. The van der Waals surface area contributed by atoms with Gasteiger partial charge in [0.15, 0.2) is 11.6 Å². The Morgan fingerprint density at radius 3 is 2.44 bits per heavy atom. The van der Waals surface area contributed by atoms with E-state index < -0.39 is 23.1 Å². The monoisotopic (exact) mass is 373 g/mol. The van der Waals surface area contributed by atoms with Crippen LogP contribution in [-0.2, 0) is 0 Å². The summed E-state index contributed by atoms with van der Waals surface area (Å²) in [6.45, 7) is 3.97. The second-order valence-corrected chi connectivity index (χ2v) is 6.03. The number of nitrogens with zero attached hydrogens (tertiary/aromatic N) is 3. The van der Waals surface area contributed by atoms with Gasteiger partial charge in [-0.1, -0.05) is 6.92 Å². The molecule has 0 radical (unpaired) electrons. The Morgan fingerprint density at radius 1 is 1.07 bits per heavy atom. The first kappa shape index (κ1) is 18.6. The molecule has 0 fully saturated rings. The van der Waals surface area contributed by atoms with E-state index in [1.807, 2.05) is 19.9 Å². The van der Waals surface area contributed by atoms with Gasteiger partial charge in [-0.3, -0.25) is 4.98 Å². The van der Waals surface area contributed by atoms with Crippen LogP contribution in [0.25, 0.3) is 11.3 Å². The van der Waals surface area contributed by atoms with Crippen molar-refractivity contribution >= 4 is 17.5 Å². The number of nitrogens with one attached hydrogen (secondary N) is 2. The van der Waals surface area contributed by atoms with Crippen LogP contribution in [0.4, 0.5) is 30.6 Å². The maximum absolute atomic E-state index is 14.0. The summed E-state index contributed by atoms with van der Waals surface area (Å²) in [6.07, 6.45) is 4.09. The molecule has 27 heavy (non-hydrogen) atoms. The Kier molecular flexibility index (Phi) is 5.54. The van der Waals surface area contributed by atoms with Crippen LogP contribution in [-0.4, -0.2) is 21.0 Å². The SMILES string of the molecule is CC[C@@H](C)Nc1nc(Nc2c(F)cc(F)cc2F)cc(-c2cccnc2)n1. The largest absolute Gasteiger partial charge is 0.352 e. The Hall–Kier alpha value is -3.16. The Balaban J connectivity index is 2.02. The summed E-state index contributed by atoms with van der Waals surface area (Å²) >= 11 is 0. The fraction of sp³-hybridized carbons (Fsp3) is 0.211. The molecule has 0 bridgehead atoms. The number of hydrogen-bond donors (Lipinski definition) is 2. The summed E-state index contributed by atoms with van der Waals surface area (Å²) in [4.78, 5) is 12.8. The number of benzene rings is 1. The standard InChI is InChI=1S/C19H18F3N5/c1-3-11(2)24-19-25-16(12-5-4-6-23-10-12)9-17(27-19)26-18-14(21)7-13(20)8-15(18)22/h4-11H,3H2,1-2H3,(H2,24,25,26,27)/t11-/m1/s1. The van der Waals surface area contributed by atoms with Crippen LogP contribution >= 0.6 is 0 Å². The molecular weight excluding hydrogens is 355 g/mol. The van der Waals surface area contributed by atoms with Gasteiger partial charge in [0.1, 0.15) is 17.3 Å². The molecule has 0 saturated carbocycles. The first-order valence-electron chi connectivity index (χ1n) is 8.44. The molecule has 3 rings (SSSR count). The zero-order valence-electron chi connectivity index (χ0n) is 14.8. The van der Waals surface area contributed by atoms with Gasteiger partial charge in [0.25, 0.3) is 0 Å². The molecule has 0 spiro atoms. The van der Waals surface area contributed by atoms with Crippen molar-refractivity contribution in [3.63, 3.8) is 0 Å². The summed E-state index contributed by atoms with van der Waals surface area (Å²) < 4.78 is 41.1. The van der Waals surface area contributed by atoms with Crippen molar-refractivity contribution in [3.05, 3.63) is 60.2 Å². The minimum absolute atomic E-state index is 0.0984. The second kappa shape index (κ2) is 8.03. The Labute approximate surface area is 154 Å². The minimum atomic E-state index is -1.05. The molecule has 0 amide bonds. The molecule has 0 saturated heterocycles. The smallest absolute Gasteiger partial charge is 0.225 e. The van der Waals surface area contributed by atoms with Crippen LogP contribution in [0.2, 0.25) is 0 Å². The van der Waals surface area contributed by atoms with Crippen LogP contribution in [0.3, 0.4) is 0 Å². The molecule has 0 aliphatic heterocycles. The van der Waals surface area contributed by atoms with E-state index in [0.717, 1.165) is 12.0 Å². The van der Waals surface area contributed by atoms with Crippen molar-refractivity contribution in [2.75, 3.05) is 10.6 Å². The van der Waals surface area contributed by atoms with E-state index in [-0.39, 0.29) is 11.9 Å². The third-order valence-electron chi connectivity index (χ3n) is 3.93. The summed E-state index contributed by atoms with van der Waals surface area (Å²) in [7, 11) is 0. The van der Waals surface area contributed by atoms with E-state index >= 15 is 0 Å². The van der Waals surface area contributed by atoms with Gasteiger partial charge >= 0.3 is 0 Å². The number of rotatable bonds is 6. The lowest BCUT2D eigenvalue weighted by atomic mass is 10.2. The average molecular weight is 373 g/mol. The van der Waals surface area contributed by atoms with Gasteiger partial charge in [0.05, 0.1) is 5.69 Å². The molecule has 140 valence electrons. The lowest BCUT2D eigenvalue weighted by Gasteiger charge is -2.15. The molecule has 5 nitrogen and oxygen atoms in total. The van der Waals surface area contributed by atoms with Gasteiger partial charge in [-0.05, 0) is 25.5 Å². The lowest BCUT2D eigenvalue weighted by Crippen LogP contribution is -2.16. The van der Waals surface area contributed by atoms with E-state index in [1.165, 1.54) is 0 Å². The van der Waals surface area contributed by atoms with Gasteiger partial charge in [-0.2, -0.15) is 4.98 Å². The highest BCUT2D eigenvalue weighted by Crippen LogP contribution is 2.27. The highest BCUT2D eigenvalue weighted by molar-refractivity contribution is 5.67. The van der Waals surface area contributed by atoms with Crippen LogP contribution in [0, 0.1) is 17.5 Å². The molecule has 0 unspecified atom stereocenters. The molecule has 1 aromatic carbocycles. The number of halogens is 3. The first-order valence-corrected chi connectivity index (χ1v) is 8.44. The first-order chi connectivity index (χ1) is 13.0. The van der Waals surface area contributed by atoms with E-state index in [4.69, 9.17) is 0 Å². The quantitative estimate of drug-likeness (QED) is 0.643. The predicted molar refractivity (Wildman–Crippen MR) is 98.2 cm³/mol. The normalized spacial score (nSPS) is 11.9. The molecule has 2 heterocycles. The number of hydrogen-bond acceptors (Lipinski definition) is 5. The second-order valence-electron chi connectivity index (χ2n) is 6.03. The van der Waals surface area contributed by atoms with Crippen molar-refractivity contribution in [1.82, 2.24) is 15.0 Å². The number of pyridine rings is 1. The minimum Gasteiger partial charge on any atom is -0.352 e. The van der Waals surface area contributed by atoms with Crippen LogP contribution in [0.5, 0.6) is 0 Å². The molecule has 8 heteroatoms. The summed E-state index contributed by atoms with van der Waals surface area (Å²) in [5.41, 5.74) is 0.756. The maximum Gasteiger partial charge on any atom is 0.225 e. The number of aromatic nitrogens is 3. The summed E-state index contributed by atoms with van der Waals surface area (Å²) in [5.74, 6) is -2.63. The predicted octanol–water partition coefficient (Wildman–Crippen LogP) is 4.91. The lowest BCUT2D eigenvalue weighted by molar-refractivity contribution is 0.548. The van der Waals surface area contributed by atoms with E-state index in [2.05, 4.69) is 25.6 Å². The number of anilines is 3. The summed E-state index contributed by atoms with van der Waals surface area (Å²) in [5, 5.41) is 5.72. The zero-order valence-corrected chi connectivity index (χ0v) is 14.8. The molecular formula is C19H18F3N5. The van der Waals surface area contributed by atoms with Crippen LogP contribution in [0.15, 0.2) is 42.7 Å². The van der Waals surface area contributed by atoms with Gasteiger partial charge in [-0.25, -0.2) is 18.2 Å². The third kappa shape index (κ3) is 4.52. The van der Waals surface area contributed by atoms with Crippen molar-refractivity contribution in [2.24, 2.45) is 0 Å². The van der Waals surface area contributed by atoms with Crippen molar-refractivity contribution < 1.29 is 13.2 Å². The average Bonchev–Trinajstić information content (AvgIpc) is 2.65. The highest BCUT2D eigenvalue weighted by atomic mass is 19.1. The fourth-order valence-corrected chi connectivity index (χ4v) is 2.35. The van der Waals surface area contributed by atoms with Gasteiger partial charge in [0, 0.05) is 42.2 Å². The maximum atomic E-state index is 14.0. The molecule has 0 aliphatic rings. The molecule has 1 atom stereocenters. The molecule has 3 aromatic rings. The van der Waals surface area contributed by atoms with Crippen LogP contribution in [0.1, 0.15) is 20.3 Å². The Bertz CT molecular complexity index is 911. The topological polar surface area (TPSA) is 62.7 Å². The van der Waals surface area contributed by atoms with Crippen molar-refractivity contribution in [1.29, 1.82) is 0 Å². The molecule has 2 N–H and O–H groups in total. The third-order valence-corrected chi connectivity index (χ3v) is 3.93. The van der Waals surface area contributed by atoms with E-state index in [1.54, 1.807) is 24.5 Å². The van der Waals surface area contributed by atoms with Gasteiger partial charge in [-0.15, -0.1) is 0 Å². The van der Waals surface area contributed by atoms with Gasteiger partial charge < -0.3 is 10.6 Å². The van der Waals surface area contributed by atoms with Crippen molar-refractivity contribution in [3.8, 4) is 11.3 Å². The van der Waals surface area contributed by atoms with E-state index in [0.29, 0.717) is 23.8 Å². The molecule has 0 aliphatic carbocycles. The Morgan fingerprint density at radius 2 is 1.81 bits per heavy atom. The highest BCUT2D eigenvalue weighted by Gasteiger charge is 2.15. The molecule has 2 aromatic heterocycles. The zero-order chi connectivity index (χ0) is 19.4. The van der Waals surface area contributed by atoms with Crippen molar-refractivity contribution in [2.45, 2.75) is 26.3 Å². The van der Waals surface area contributed by atoms with Crippen LogP contribution < -0.4 is 10.6 Å².